The number of H-pyrrole nitrogens is 1. The molecule has 5 aromatic heterocycles. The molecule has 0 spiro atoms. The summed E-state index contributed by atoms with van der Waals surface area (Å²) >= 11 is 5.06. The molecule has 33 heavy (non-hydrogen) atoms. The van der Waals surface area contributed by atoms with Gasteiger partial charge in [0.1, 0.15) is 40.8 Å². The van der Waals surface area contributed by atoms with Gasteiger partial charge in [0.25, 0.3) is 5.56 Å². The fourth-order valence-electron chi connectivity index (χ4n) is 4.24. The normalized spacial score (nSPS) is 16.9. The molecule has 2 atom stereocenters. The minimum absolute atomic E-state index is 0.253. The zero-order valence-electron chi connectivity index (χ0n) is 17.3. The Morgan fingerprint density at radius 1 is 1.24 bits per heavy atom. The first kappa shape index (κ1) is 20.2. The number of hydrogen-bond donors (Lipinski definition) is 1. The van der Waals surface area contributed by atoms with Crippen LogP contribution in [0.25, 0.3) is 22.4 Å². The standard InChI is InChI=1S/C21H17ClN8O2S/c1-33(32)14-10-24-18-16(14)20(26-11-25-18)28-8-6-13(28)19-27-29-9-5-12(22)17(29)21(31)30(19)15-4-2-3-7-23-15/h2-5,7,9-11,13H,6,8H2,1H3,(H,24,25,26)/t13?,33-/m1/s1. The van der Waals surface area contributed by atoms with Crippen LogP contribution in [0.2, 0.25) is 5.02 Å². The first-order valence-electron chi connectivity index (χ1n) is 10.2. The molecule has 1 saturated heterocycles. The summed E-state index contributed by atoms with van der Waals surface area (Å²) in [7, 11) is 0. The maximum absolute atomic E-state index is 13.5. The van der Waals surface area contributed by atoms with Gasteiger partial charge in [-0.3, -0.25) is 4.79 Å². The third-order valence-corrected chi connectivity index (χ3v) is 7.10. The maximum atomic E-state index is 13.5. The summed E-state index contributed by atoms with van der Waals surface area (Å²) in [4.78, 5) is 32.5. The van der Waals surface area contributed by atoms with Crippen molar-refractivity contribution in [2.75, 3.05) is 17.7 Å². The molecule has 166 valence electrons. The van der Waals surface area contributed by atoms with E-state index in [0.717, 1.165) is 6.42 Å². The smallest absolute Gasteiger partial charge is 0.285 e. The molecule has 1 fully saturated rings. The Morgan fingerprint density at radius 2 is 2.12 bits per heavy atom. The van der Waals surface area contributed by atoms with E-state index in [1.807, 2.05) is 11.0 Å². The number of aromatic amines is 1. The highest BCUT2D eigenvalue weighted by Crippen LogP contribution is 2.40. The third-order valence-electron chi connectivity index (χ3n) is 5.85. The number of hydrogen-bond acceptors (Lipinski definition) is 7. The fourth-order valence-corrected chi connectivity index (χ4v) is 5.17. The van der Waals surface area contributed by atoms with E-state index in [2.05, 4.69) is 19.9 Å². The van der Waals surface area contributed by atoms with Gasteiger partial charge in [0, 0.05) is 18.9 Å². The predicted molar refractivity (Wildman–Crippen MR) is 125 cm³/mol. The Morgan fingerprint density at radius 3 is 2.85 bits per heavy atom. The fraction of sp³-hybridized carbons (Fsp3) is 0.190. The van der Waals surface area contributed by atoms with Gasteiger partial charge in [0.15, 0.2) is 10.7 Å². The average molecular weight is 481 g/mol. The summed E-state index contributed by atoms with van der Waals surface area (Å²) in [5.41, 5.74) is 0.597. The highest BCUT2D eigenvalue weighted by Gasteiger charge is 2.37. The van der Waals surface area contributed by atoms with Crippen molar-refractivity contribution in [2.24, 2.45) is 0 Å². The lowest BCUT2D eigenvalue weighted by Crippen LogP contribution is -2.45. The number of rotatable bonds is 4. The van der Waals surface area contributed by atoms with Gasteiger partial charge >= 0.3 is 0 Å². The number of nitrogens with zero attached hydrogens (tertiary/aromatic N) is 7. The number of nitrogens with one attached hydrogen (secondary N) is 1. The summed E-state index contributed by atoms with van der Waals surface area (Å²) in [6.07, 6.45) is 8.84. The molecule has 6 rings (SSSR count). The van der Waals surface area contributed by atoms with E-state index in [0.29, 0.717) is 45.0 Å². The van der Waals surface area contributed by atoms with E-state index in [1.165, 1.54) is 15.4 Å². The Labute approximate surface area is 195 Å². The van der Waals surface area contributed by atoms with E-state index >= 15 is 0 Å². The number of fused-ring (bicyclic) bond motifs is 2. The predicted octanol–water partition coefficient (Wildman–Crippen LogP) is 2.49. The van der Waals surface area contributed by atoms with Crippen molar-refractivity contribution in [1.82, 2.24) is 34.1 Å². The Kier molecular flexibility index (Phi) is 4.64. The van der Waals surface area contributed by atoms with Gasteiger partial charge in [-0.05, 0) is 35.8 Å². The number of aromatic nitrogens is 7. The van der Waals surface area contributed by atoms with E-state index in [-0.39, 0.29) is 17.1 Å². The monoisotopic (exact) mass is 480 g/mol. The summed E-state index contributed by atoms with van der Waals surface area (Å²) in [5, 5.41) is 5.79. The molecule has 1 aliphatic heterocycles. The molecular formula is C21H17ClN8O2S. The van der Waals surface area contributed by atoms with Crippen molar-refractivity contribution >= 4 is 45.1 Å². The lowest BCUT2D eigenvalue weighted by atomic mass is 10.0. The molecule has 0 radical (unpaired) electrons. The maximum Gasteiger partial charge on any atom is 0.285 e. The first-order valence-corrected chi connectivity index (χ1v) is 12.1. The van der Waals surface area contributed by atoms with Crippen LogP contribution in [0.4, 0.5) is 5.82 Å². The summed E-state index contributed by atoms with van der Waals surface area (Å²) < 4.78 is 15.3. The van der Waals surface area contributed by atoms with E-state index < -0.39 is 11.2 Å². The molecule has 0 bridgehead atoms. The third kappa shape index (κ3) is 3.04. The number of anilines is 1. The molecule has 10 nitrogen and oxygen atoms in total. The van der Waals surface area contributed by atoms with Crippen molar-refractivity contribution in [2.45, 2.75) is 17.4 Å². The van der Waals surface area contributed by atoms with Crippen LogP contribution in [0.3, 0.4) is 0 Å². The SMILES string of the molecule is C[S@@+]([O-])c1c[nH]c2ncnc(N3CCC3c3nn4ccc(Cl)c4c(=O)n3-c3ccccn3)c12. The highest BCUT2D eigenvalue weighted by atomic mass is 35.5. The molecule has 6 heterocycles. The first-order chi connectivity index (χ1) is 16.0. The van der Waals surface area contributed by atoms with Crippen molar-refractivity contribution in [3.8, 4) is 5.82 Å². The van der Waals surface area contributed by atoms with E-state index in [9.17, 15) is 9.35 Å². The van der Waals surface area contributed by atoms with Crippen molar-refractivity contribution < 1.29 is 4.55 Å². The van der Waals surface area contributed by atoms with Crippen molar-refractivity contribution in [3.63, 3.8) is 0 Å². The second-order valence-corrected chi connectivity index (χ2v) is 9.42. The van der Waals surface area contributed by atoms with Gasteiger partial charge in [-0.2, -0.15) is 5.10 Å². The lowest BCUT2D eigenvalue weighted by Gasteiger charge is -2.41. The lowest BCUT2D eigenvalue weighted by molar-refractivity contribution is 0.423. The largest absolute Gasteiger partial charge is 0.612 e. The van der Waals surface area contributed by atoms with Crippen LogP contribution >= 0.6 is 11.6 Å². The van der Waals surface area contributed by atoms with Gasteiger partial charge < -0.3 is 14.4 Å². The van der Waals surface area contributed by atoms with Gasteiger partial charge in [0.05, 0.1) is 17.3 Å². The molecular weight excluding hydrogens is 464 g/mol. The molecule has 5 aromatic rings. The second kappa shape index (κ2) is 7.58. The van der Waals surface area contributed by atoms with Gasteiger partial charge in [-0.15, -0.1) is 0 Å². The van der Waals surface area contributed by atoms with Crippen LogP contribution in [0.1, 0.15) is 18.3 Å². The van der Waals surface area contributed by atoms with Crippen LogP contribution in [0.15, 0.2) is 58.9 Å². The van der Waals surface area contributed by atoms with Crippen LogP contribution < -0.4 is 10.5 Å². The van der Waals surface area contributed by atoms with Crippen LogP contribution in [0, 0.1) is 0 Å². The van der Waals surface area contributed by atoms with Crippen molar-refractivity contribution in [1.29, 1.82) is 0 Å². The van der Waals surface area contributed by atoms with Crippen LogP contribution in [0.5, 0.6) is 0 Å². The second-order valence-electron chi connectivity index (χ2n) is 7.67. The number of pyridine rings is 1. The van der Waals surface area contributed by atoms with Gasteiger partial charge in [-0.25, -0.2) is 24.0 Å². The Hall–Kier alpha value is -3.41. The molecule has 1 aliphatic rings. The summed E-state index contributed by atoms with van der Waals surface area (Å²) in [6.45, 7) is 0.695. The Bertz CT molecular complexity index is 1560. The Balaban J connectivity index is 1.56. The van der Waals surface area contributed by atoms with Crippen LogP contribution in [-0.4, -0.2) is 51.5 Å². The summed E-state index contributed by atoms with van der Waals surface area (Å²) in [6, 6.07) is 6.76. The zero-order valence-corrected chi connectivity index (χ0v) is 18.9. The van der Waals surface area contributed by atoms with Crippen molar-refractivity contribution in [3.05, 3.63) is 70.4 Å². The minimum Gasteiger partial charge on any atom is -0.612 e. The van der Waals surface area contributed by atoms with Gasteiger partial charge in [-0.1, -0.05) is 17.7 Å². The zero-order chi connectivity index (χ0) is 22.7. The summed E-state index contributed by atoms with van der Waals surface area (Å²) in [5.74, 6) is 1.63. The molecule has 0 amide bonds. The molecule has 1 N–H and O–H groups in total. The molecule has 12 heteroatoms. The average Bonchev–Trinajstić information content (AvgIpc) is 3.38. The van der Waals surface area contributed by atoms with E-state index in [4.69, 9.17) is 16.7 Å². The minimum atomic E-state index is -1.22. The quantitative estimate of drug-likeness (QED) is 0.392. The number of halogens is 1. The molecule has 0 aliphatic carbocycles. The van der Waals surface area contributed by atoms with E-state index in [1.54, 1.807) is 43.0 Å². The van der Waals surface area contributed by atoms with Crippen LogP contribution in [-0.2, 0) is 11.2 Å². The van der Waals surface area contributed by atoms with Gasteiger partial charge in [0.2, 0.25) is 0 Å². The molecule has 0 aromatic carbocycles. The topological polar surface area (TPSA) is 120 Å². The highest BCUT2D eigenvalue weighted by molar-refractivity contribution is 7.91. The molecule has 1 unspecified atom stereocenters. The molecule has 0 saturated carbocycles.